The molecule has 2 aromatic rings. The molecule has 1 aliphatic carbocycles. The van der Waals surface area contributed by atoms with E-state index in [9.17, 15) is 4.79 Å². The van der Waals surface area contributed by atoms with Crippen LogP contribution in [0.4, 0.5) is 0 Å². The summed E-state index contributed by atoms with van der Waals surface area (Å²) in [7, 11) is 0. The van der Waals surface area contributed by atoms with Crippen molar-refractivity contribution in [3.05, 3.63) is 76.5 Å². The molecule has 2 aromatic carbocycles. The maximum absolute atomic E-state index is 11.5. The number of hydrogen-bond donors (Lipinski definition) is 0. The van der Waals surface area contributed by atoms with Gasteiger partial charge in [0.1, 0.15) is 11.2 Å². The lowest BCUT2D eigenvalue weighted by Gasteiger charge is -2.08. The first-order valence-electron chi connectivity index (χ1n) is 7.27. The minimum atomic E-state index is -0.0761. The molecular weight excluding hydrogens is 306 g/mol. The summed E-state index contributed by atoms with van der Waals surface area (Å²) in [5.74, 6) is 0.517. The Kier molecular flexibility index (Phi) is 3.39. The Balaban J connectivity index is 1.81. The van der Waals surface area contributed by atoms with Crippen LogP contribution in [0.2, 0.25) is 0 Å². The van der Waals surface area contributed by atoms with Gasteiger partial charge in [0, 0.05) is 15.9 Å². The molecule has 0 spiro atoms. The van der Waals surface area contributed by atoms with Crippen LogP contribution in [0.15, 0.2) is 79.7 Å². The highest BCUT2D eigenvalue weighted by molar-refractivity contribution is 7.99. The molecule has 0 saturated carbocycles. The average Bonchev–Trinajstić information content (AvgIpc) is 2.55. The number of rotatable bonds is 2. The lowest BCUT2D eigenvalue weighted by Crippen LogP contribution is -1.99. The van der Waals surface area contributed by atoms with Crippen LogP contribution in [0.3, 0.4) is 0 Å². The molecule has 2 aliphatic rings. The Morgan fingerprint density at radius 2 is 1.87 bits per heavy atom. The largest absolute Gasteiger partial charge is 0.453 e. The third-order valence-corrected chi connectivity index (χ3v) is 4.81. The molecule has 0 unspecified atom stereocenters. The Morgan fingerprint density at radius 3 is 2.74 bits per heavy atom. The van der Waals surface area contributed by atoms with Crippen molar-refractivity contribution in [3.8, 4) is 11.5 Å². The third-order valence-electron chi connectivity index (χ3n) is 3.64. The van der Waals surface area contributed by atoms with Gasteiger partial charge in [-0.3, -0.25) is 4.79 Å². The molecule has 1 aliphatic heterocycles. The van der Waals surface area contributed by atoms with E-state index in [-0.39, 0.29) is 5.43 Å². The molecule has 0 N–H and O–H groups in total. The maximum Gasteiger partial charge on any atom is 0.182 e. The van der Waals surface area contributed by atoms with Crippen LogP contribution in [0, 0.1) is 6.92 Å². The van der Waals surface area contributed by atoms with Crippen LogP contribution >= 0.6 is 11.8 Å². The zero-order chi connectivity index (χ0) is 15.8. The van der Waals surface area contributed by atoms with Crippen molar-refractivity contribution in [2.75, 3.05) is 0 Å². The molecule has 0 amide bonds. The number of benzene rings is 3. The zero-order valence-electron chi connectivity index (χ0n) is 12.4. The predicted molar refractivity (Wildman–Crippen MR) is 92.2 cm³/mol. The number of fused-ring (bicyclic) bond motifs is 2. The van der Waals surface area contributed by atoms with Gasteiger partial charge < -0.3 is 4.42 Å². The standard InChI is InChI=1S/C19H13NO2S/c1-12-4-2-3-5-19(12)23-14-7-9-16-18(11-14)22-17-10-13(21)6-8-15(17)20-16/h2-11H,1H3. The molecular formula is C19H13NO2S. The van der Waals surface area contributed by atoms with Gasteiger partial charge in [-0.2, -0.15) is 0 Å². The summed E-state index contributed by atoms with van der Waals surface area (Å²) in [6.07, 6.45) is 0. The Hall–Kier alpha value is -2.59. The summed E-state index contributed by atoms with van der Waals surface area (Å²) < 4.78 is 5.86. The summed E-state index contributed by atoms with van der Waals surface area (Å²) >= 11 is 1.69. The smallest absolute Gasteiger partial charge is 0.182 e. The molecule has 4 heteroatoms. The van der Waals surface area contributed by atoms with Crippen LogP contribution in [0.1, 0.15) is 5.56 Å². The van der Waals surface area contributed by atoms with E-state index in [2.05, 4.69) is 24.0 Å². The molecule has 0 fully saturated rings. The van der Waals surface area contributed by atoms with Gasteiger partial charge >= 0.3 is 0 Å². The van der Waals surface area contributed by atoms with Crippen molar-refractivity contribution in [1.29, 1.82) is 0 Å². The van der Waals surface area contributed by atoms with Gasteiger partial charge in [-0.25, -0.2) is 4.98 Å². The lowest BCUT2D eigenvalue weighted by atomic mass is 10.2. The second kappa shape index (κ2) is 5.56. The van der Waals surface area contributed by atoms with E-state index in [1.165, 1.54) is 22.6 Å². The highest BCUT2D eigenvalue weighted by atomic mass is 32.2. The number of nitrogens with zero attached hydrogens (tertiary/aromatic N) is 1. The topological polar surface area (TPSA) is 43.1 Å². The molecule has 0 atom stereocenters. The minimum Gasteiger partial charge on any atom is -0.453 e. The molecule has 0 saturated heterocycles. The Morgan fingerprint density at radius 1 is 1.00 bits per heavy atom. The second-order valence-corrected chi connectivity index (χ2v) is 6.46. The van der Waals surface area contributed by atoms with E-state index in [0.29, 0.717) is 17.0 Å². The molecule has 3 nitrogen and oxygen atoms in total. The first kappa shape index (κ1) is 14.0. The average molecular weight is 319 g/mol. The van der Waals surface area contributed by atoms with Crippen molar-refractivity contribution in [3.63, 3.8) is 0 Å². The summed E-state index contributed by atoms with van der Waals surface area (Å²) in [6.45, 7) is 2.10. The van der Waals surface area contributed by atoms with Gasteiger partial charge in [0.15, 0.2) is 16.8 Å². The zero-order valence-corrected chi connectivity index (χ0v) is 13.3. The van der Waals surface area contributed by atoms with E-state index in [0.717, 1.165) is 10.4 Å². The summed E-state index contributed by atoms with van der Waals surface area (Å²) in [6, 6.07) is 18.9. The van der Waals surface area contributed by atoms with E-state index in [4.69, 9.17) is 4.42 Å². The number of hydrogen-bond acceptors (Lipinski definition) is 4. The fourth-order valence-corrected chi connectivity index (χ4v) is 3.38. The lowest BCUT2D eigenvalue weighted by molar-refractivity contribution is 0.611. The summed E-state index contributed by atoms with van der Waals surface area (Å²) in [5.41, 5.74) is 3.32. The van der Waals surface area contributed by atoms with E-state index in [1.807, 2.05) is 30.3 Å². The van der Waals surface area contributed by atoms with Crippen LogP contribution in [0.5, 0.6) is 0 Å². The van der Waals surface area contributed by atoms with Gasteiger partial charge in [0.2, 0.25) is 0 Å². The fourth-order valence-electron chi connectivity index (χ4n) is 2.45. The quantitative estimate of drug-likeness (QED) is 0.500. The molecule has 0 aromatic heterocycles. The number of aryl methyl sites for hydroxylation is 1. The number of aromatic nitrogens is 1. The monoisotopic (exact) mass is 319 g/mol. The van der Waals surface area contributed by atoms with Crippen molar-refractivity contribution >= 4 is 22.9 Å². The van der Waals surface area contributed by atoms with Crippen LogP contribution in [0.25, 0.3) is 22.6 Å². The summed E-state index contributed by atoms with van der Waals surface area (Å²) in [5, 5.41) is 0. The van der Waals surface area contributed by atoms with Gasteiger partial charge in [-0.05, 0) is 48.9 Å². The molecule has 0 radical (unpaired) electrons. The van der Waals surface area contributed by atoms with Crippen LogP contribution in [-0.4, -0.2) is 4.98 Å². The summed E-state index contributed by atoms with van der Waals surface area (Å²) in [4.78, 5) is 18.3. The highest BCUT2D eigenvalue weighted by Gasteiger charge is 2.10. The predicted octanol–water partition coefficient (Wildman–Crippen LogP) is 4.75. The van der Waals surface area contributed by atoms with Crippen molar-refractivity contribution in [2.45, 2.75) is 16.7 Å². The molecule has 23 heavy (non-hydrogen) atoms. The second-order valence-electron chi connectivity index (χ2n) is 5.34. The molecule has 1 heterocycles. The van der Waals surface area contributed by atoms with E-state index >= 15 is 0 Å². The normalized spacial score (nSPS) is 11.2. The van der Waals surface area contributed by atoms with Crippen molar-refractivity contribution < 1.29 is 4.42 Å². The first-order valence-corrected chi connectivity index (χ1v) is 8.09. The van der Waals surface area contributed by atoms with Crippen molar-refractivity contribution in [1.82, 2.24) is 4.98 Å². The molecule has 4 rings (SSSR count). The molecule has 0 bridgehead atoms. The minimum absolute atomic E-state index is 0.0761. The van der Waals surface area contributed by atoms with E-state index < -0.39 is 0 Å². The molecule has 112 valence electrons. The Bertz CT molecular complexity index is 1040. The first-order chi connectivity index (χ1) is 11.2. The van der Waals surface area contributed by atoms with Crippen LogP contribution in [-0.2, 0) is 0 Å². The van der Waals surface area contributed by atoms with Crippen LogP contribution < -0.4 is 5.43 Å². The third kappa shape index (κ3) is 2.73. The fraction of sp³-hybridized carbons (Fsp3) is 0.0526. The van der Waals surface area contributed by atoms with Gasteiger partial charge in [-0.1, -0.05) is 30.0 Å². The van der Waals surface area contributed by atoms with Crippen molar-refractivity contribution in [2.24, 2.45) is 0 Å². The van der Waals surface area contributed by atoms with Gasteiger partial charge in [0.05, 0.1) is 0 Å². The van der Waals surface area contributed by atoms with Gasteiger partial charge in [-0.15, -0.1) is 0 Å². The highest BCUT2D eigenvalue weighted by Crippen LogP contribution is 2.33. The SMILES string of the molecule is Cc1ccccc1Sc1ccc2nc3ccc(=O)cc-3oc2c1. The van der Waals surface area contributed by atoms with Gasteiger partial charge in [0.25, 0.3) is 0 Å². The Labute approximate surface area is 137 Å². The van der Waals surface area contributed by atoms with E-state index in [1.54, 1.807) is 17.8 Å². The maximum atomic E-state index is 11.5.